The summed E-state index contributed by atoms with van der Waals surface area (Å²) in [5.41, 5.74) is 2.85. The van der Waals surface area contributed by atoms with Crippen LogP contribution < -0.4 is 4.90 Å². The van der Waals surface area contributed by atoms with E-state index >= 15 is 0 Å². The first-order valence-corrected chi connectivity index (χ1v) is 10.0. The van der Waals surface area contributed by atoms with Crippen LogP contribution in [0.15, 0.2) is 24.4 Å². The summed E-state index contributed by atoms with van der Waals surface area (Å²) in [5, 5.41) is 0. The largest absolute Gasteiger partial charge is 0.378 e. The Morgan fingerprint density at radius 3 is 2.50 bits per heavy atom. The number of amides is 1. The van der Waals surface area contributed by atoms with Gasteiger partial charge in [-0.05, 0) is 38.8 Å². The maximum atomic E-state index is 12.8. The molecular formula is C21H27N5O2. The maximum Gasteiger partial charge on any atom is 0.225 e. The van der Waals surface area contributed by atoms with E-state index in [4.69, 9.17) is 9.72 Å². The molecule has 0 spiro atoms. The molecule has 4 heterocycles. The molecule has 1 amide bonds. The molecule has 2 saturated heterocycles. The third-order valence-corrected chi connectivity index (χ3v) is 5.72. The first kappa shape index (κ1) is 18.8. The smallest absolute Gasteiger partial charge is 0.225 e. The highest BCUT2D eigenvalue weighted by Crippen LogP contribution is 2.28. The number of aryl methyl sites for hydroxylation is 1. The van der Waals surface area contributed by atoms with E-state index in [0.717, 1.165) is 61.8 Å². The van der Waals surface area contributed by atoms with Gasteiger partial charge in [0.05, 0.1) is 13.2 Å². The van der Waals surface area contributed by atoms with Crippen LogP contribution in [0.3, 0.4) is 0 Å². The Morgan fingerprint density at radius 2 is 1.82 bits per heavy atom. The molecule has 2 fully saturated rings. The van der Waals surface area contributed by atoms with Crippen LogP contribution in [0.2, 0.25) is 0 Å². The summed E-state index contributed by atoms with van der Waals surface area (Å²) >= 11 is 0. The van der Waals surface area contributed by atoms with Gasteiger partial charge in [0.1, 0.15) is 11.5 Å². The number of piperidine rings is 1. The highest BCUT2D eigenvalue weighted by atomic mass is 16.5. The van der Waals surface area contributed by atoms with E-state index in [-0.39, 0.29) is 11.8 Å². The van der Waals surface area contributed by atoms with Gasteiger partial charge < -0.3 is 14.5 Å². The van der Waals surface area contributed by atoms with Gasteiger partial charge in [-0.1, -0.05) is 6.07 Å². The Kier molecular flexibility index (Phi) is 5.52. The zero-order chi connectivity index (χ0) is 19.5. The molecule has 148 valence electrons. The van der Waals surface area contributed by atoms with E-state index in [0.29, 0.717) is 19.0 Å². The number of ether oxygens (including phenoxy) is 1. The van der Waals surface area contributed by atoms with E-state index < -0.39 is 0 Å². The first-order valence-electron chi connectivity index (χ1n) is 10.0. The molecule has 0 bridgehead atoms. The quantitative estimate of drug-likeness (QED) is 0.812. The van der Waals surface area contributed by atoms with Gasteiger partial charge in [0, 0.05) is 49.6 Å². The lowest BCUT2D eigenvalue weighted by molar-refractivity contribution is -0.140. The predicted octanol–water partition coefficient (Wildman–Crippen LogP) is 2.23. The predicted molar refractivity (Wildman–Crippen MR) is 107 cm³/mol. The van der Waals surface area contributed by atoms with Crippen LogP contribution in [0, 0.1) is 19.8 Å². The fourth-order valence-corrected chi connectivity index (χ4v) is 3.91. The van der Waals surface area contributed by atoms with Crippen molar-refractivity contribution in [2.24, 2.45) is 5.92 Å². The van der Waals surface area contributed by atoms with Crippen LogP contribution in [0.1, 0.15) is 24.1 Å². The second kappa shape index (κ2) is 8.22. The minimum absolute atomic E-state index is 0.104. The maximum absolute atomic E-state index is 12.8. The molecule has 0 aliphatic carbocycles. The second-order valence-electron chi connectivity index (χ2n) is 7.50. The van der Waals surface area contributed by atoms with Gasteiger partial charge in [-0.15, -0.1) is 0 Å². The fraction of sp³-hybridized carbons (Fsp3) is 0.524. The standard InChI is InChI=1S/C21H27N5O2/c1-15-16(2)23-19(18-5-3-4-8-22-18)24-20(15)25-9-6-17(7-10-25)21(27)26-11-13-28-14-12-26/h3-5,8,17H,6-7,9-14H2,1-2H3. The lowest BCUT2D eigenvalue weighted by Crippen LogP contribution is -2.47. The number of hydrogen-bond donors (Lipinski definition) is 0. The van der Waals surface area contributed by atoms with Crippen molar-refractivity contribution in [3.05, 3.63) is 35.7 Å². The molecule has 2 aromatic heterocycles. The number of morpholine rings is 1. The van der Waals surface area contributed by atoms with Crippen LogP contribution in [-0.4, -0.2) is 65.2 Å². The molecule has 0 saturated carbocycles. The third-order valence-electron chi connectivity index (χ3n) is 5.72. The summed E-state index contributed by atoms with van der Waals surface area (Å²) in [6, 6.07) is 5.77. The normalized spacial score (nSPS) is 18.4. The monoisotopic (exact) mass is 381 g/mol. The number of aromatic nitrogens is 3. The SMILES string of the molecule is Cc1nc(-c2ccccn2)nc(N2CCC(C(=O)N3CCOCC3)CC2)c1C. The van der Waals surface area contributed by atoms with Crippen molar-refractivity contribution in [3.8, 4) is 11.5 Å². The van der Waals surface area contributed by atoms with Gasteiger partial charge in [0.2, 0.25) is 5.91 Å². The second-order valence-corrected chi connectivity index (χ2v) is 7.50. The van der Waals surface area contributed by atoms with Crippen LogP contribution in [0.25, 0.3) is 11.5 Å². The van der Waals surface area contributed by atoms with E-state index in [1.54, 1.807) is 6.20 Å². The Balaban J connectivity index is 1.48. The van der Waals surface area contributed by atoms with Crippen LogP contribution in [0.4, 0.5) is 5.82 Å². The average molecular weight is 381 g/mol. The lowest BCUT2D eigenvalue weighted by Gasteiger charge is -2.36. The van der Waals surface area contributed by atoms with Gasteiger partial charge in [-0.3, -0.25) is 9.78 Å². The summed E-state index contributed by atoms with van der Waals surface area (Å²) in [6.45, 7) is 8.49. The summed E-state index contributed by atoms with van der Waals surface area (Å²) in [5.74, 6) is 2.01. The summed E-state index contributed by atoms with van der Waals surface area (Å²) in [7, 11) is 0. The minimum Gasteiger partial charge on any atom is -0.378 e. The molecular weight excluding hydrogens is 354 g/mol. The van der Waals surface area contributed by atoms with Crippen molar-refractivity contribution in [1.29, 1.82) is 0 Å². The summed E-state index contributed by atoms with van der Waals surface area (Å²) in [6.07, 6.45) is 3.48. The van der Waals surface area contributed by atoms with Crippen molar-refractivity contribution in [1.82, 2.24) is 19.9 Å². The Hall–Kier alpha value is -2.54. The van der Waals surface area contributed by atoms with E-state index in [2.05, 4.69) is 21.8 Å². The number of hydrogen-bond acceptors (Lipinski definition) is 6. The molecule has 7 nitrogen and oxygen atoms in total. The molecule has 4 rings (SSSR count). The van der Waals surface area contributed by atoms with Crippen molar-refractivity contribution in [3.63, 3.8) is 0 Å². The summed E-state index contributed by atoms with van der Waals surface area (Å²) in [4.78, 5) is 30.9. The van der Waals surface area contributed by atoms with Crippen molar-refractivity contribution in [2.75, 3.05) is 44.3 Å². The number of carbonyl (C=O) groups is 1. The Labute approximate surface area is 165 Å². The van der Waals surface area contributed by atoms with Crippen LogP contribution in [-0.2, 0) is 9.53 Å². The molecule has 0 unspecified atom stereocenters. The lowest BCUT2D eigenvalue weighted by atomic mass is 9.94. The number of pyridine rings is 1. The minimum atomic E-state index is 0.104. The highest BCUT2D eigenvalue weighted by molar-refractivity contribution is 5.79. The number of anilines is 1. The van der Waals surface area contributed by atoms with Crippen molar-refractivity contribution >= 4 is 11.7 Å². The third kappa shape index (κ3) is 3.85. The van der Waals surface area contributed by atoms with Crippen molar-refractivity contribution in [2.45, 2.75) is 26.7 Å². The van der Waals surface area contributed by atoms with Gasteiger partial charge in [0.15, 0.2) is 5.82 Å². The van der Waals surface area contributed by atoms with Gasteiger partial charge in [-0.2, -0.15) is 0 Å². The molecule has 2 aliphatic heterocycles. The average Bonchev–Trinajstić information content (AvgIpc) is 2.76. The molecule has 0 atom stereocenters. The molecule has 28 heavy (non-hydrogen) atoms. The van der Waals surface area contributed by atoms with Gasteiger partial charge in [-0.25, -0.2) is 9.97 Å². The highest BCUT2D eigenvalue weighted by Gasteiger charge is 2.30. The molecule has 2 aliphatic rings. The molecule has 0 aromatic carbocycles. The van der Waals surface area contributed by atoms with Crippen LogP contribution in [0.5, 0.6) is 0 Å². The molecule has 7 heteroatoms. The van der Waals surface area contributed by atoms with E-state index in [1.807, 2.05) is 30.0 Å². The Bertz CT molecular complexity index is 828. The van der Waals surface area contributed by atoms with E-state index in [9.17, 15) is 4.79 Å². The molecule has 0 N–H and O–H groups in total. The van der Waals surface area contributed by atoms with E-state index in [1.165, 1.54) is 0 Å². The van der Waals surface area contributed by atoms with Crippen molar-refractivity contribution < 1.29 is 9.53 Å². The molecule has 2 aromatic rings. The topological polar surface area (TPSA) is 71.5 Å². The molecule has 0 radical (unpaired) electrons. The zero-order valence-corrected chi connectivity index (χ0v) is 16.6. The number of carbonyl (C=O) groups excluding carboxylic acids is 1. The van der Waals surface area contributed by atoms with Gasteiger partial charge in [0.25, 0.3) is 0 Å². The Morgan fingerprint density at radius 1 is 1.07 bits per heavy atom. The summed E-state index contributed by atoms with van der Waals surface area (Å²) < 4.78 is 5.36. The fourth-order valence-electron chi connectivity index (χ4n) is 3.91. The van der Waals surface area contributed by atoms with Crippen LogP contribution >= 0.6 is 0 Å². The van der Waals surface area contributed by atoms with Gasteiger partial charge >= 0.3 is 0 Å². The number of nitrogens with zero attached hydrogens (tertiary/aromatic N) is 5. The first-order chi connectivity index (χ1) is 13.6. The zero-order valence-electron chi connectivity index (χ0n) is 16.6. The number of rotatable bonds is 3.